The van der Waals surface area contributed by atoms with Crippen LogP contribution in [-0.2, 0) is 6.42 Å². The van der Waals surface area contributed by atoms with E-state index in [1.54, 1.807) is 7.11 Å². The molecule has 2 heteroatoms. The summed E-state index contributed by atoms with van der Waals surface area (Å²) in [5.74, 6) is 0.879. The molecule has 0 radical (unpaired) electrons. The minimum atomic E-state index is 0.236. The highest BCUT2D eigenvalue weighted by molar-refractivity contribution is 5.87. The van der Waals surface area contributed by atoms with Gasteiger partial charge in [0.1, 0.15) is 5.75 Å². The number of aliphatic hydroxyl groups excluding tert-OH is 1. The minimum absolute atomic E-state index is 0.236. The summed E-state index contributed by atoms with van der Waals surface area (Å²) < 4.78 is 5.23. The van der Waals surface area contributed by atoms with Gasteiger partial charge in [-0.2, -0.15) is 0 Å². The van der Waals surface area contributed by atoms with E-state index in [2.05, 4.69) is 30.3 Å². The lowest BCUT2D eigenvalue weighted by molar-refractivity contribution is 0.289. The third-order valence-electron chi connectivity index (χ3n) is 2.78. The van der Waals surface area contributed by atoms with Crippen LogP contribution in [0.5, 0.6) is 5.75 Å². The van der Waals surface area contributed by atoms with Crippen LogP contribution in [0.1, 0.15) is 12.0 Å². The first-order chi connectivity index (χ1) is 7.85. The Morgan fingerprint density at radius 3 is 2.81 bits per heavy atom. The van der Waals surface area contributed by atoms with Crippen molar-refractivity contribution in [1.29, 1.82) is 0 Å². The molecule has 0 unspecified atom stereocenters. The molecule has 0 amide bonds. The van der Waals surface area contributed by atoms with Crippen LogP contribution in [0.25, 0.3) is 10.8 Å². The Balaban J connectivity index is 2.46. The van der Waals surface area contributed by atoms with Gasteiger partial charge in [0, 0.05) is 6.61 Å². The van der Waals surface area contributed by atoms with Gasteiger partial charge in [0.2, 0.25) is 0 Å². The molecule has 2 nitrogen and oxygen atoms in total. The fourth-order valence-electron chi connectivity index (χ4n) is 1.93. The number of methoxy groups -OCH3 is 1. The standard InChI is InChI=1S/C14H16O2/c1-16-13-8-7-12-5-2-4-11(6-3-9-15)14(12)10-13/h2,4-5,7-8,10,15H,3,6,9H2,1H3. The first-order valence-corrected chi connectivity index (χ1v) is 5.51. The lowest BCUT2D eigenvalue weighted by Crippen LogP contribution is -1.91. The van der Waals surface area contributed by atoms with Crippen LogP contribution in [0.4, 0.5) is 0 Å². The topological polar surface area (TPSA) is 29.5 Å². The van der Waals surface area contributed by atoms with Crippen LogP contribution in [-0.4, -0.2) is 18.8 Å². The Bertz CT molecular complexity index is 477. The van der Waals surface area contributed by atoms with E-state index in [1.165, 1.54) is 16.3 Å². The smallest absolute Gasteiger partial charge is 0.119 e. The van der Waals surface area contributed by atoms with E-state index < -0.39 is 0 Å². The second kappa shape index (κ2) is 4.99. The molecule has 0 bridgehead atoms. The molecule has 1 N–H and O–H groups in total. The maximum atomic E-state index is 8.88. The summed E-state index contributed by atoms with van der Waals surface area (Å²) in [6.45, 7) is 0.236. The largest absolute Gasteiger partial charge is 0.497 e. The van der Waals surface area contributed by atoms with Gasteiger partial charge in [0.05, 0.1) is 7.11 Å². The number of hydrogen-bond acceptors (Lipinski definition) is 2. The van der Waals surface area contributed by atoms with Gasteiger partial charge >= 0.3 is 0 Å². The number of hydrogen-bond donors (Lipinski definition) is 1. The third-order valence-corrected chi connectivity index (χ3v) is 2.78. The zero-order chi connectivity index (χ0) is 11.4. The highest BCUT2D eigenvalue weighted by Crippen LogP contribution is 2.24. The Morgan fingerprint density at radius 2 is 2.06 bits per heavy atom. The van der Waals surface area contributed by atoms with E-state index in [4.69, 9.17) is 9.84 Å². The van der Waals surface area contributed by atoms with Gasteiger partial charge in [-0.05, 0) is 41.3 Å². The fraction of sp³-hybridized carbons (Fsp3) is 0.286. The van der Waals surface area contributed by atoms with Crippen molar-refractivity contribution in [1.82, 2.24) is 0 Å². The van der Waals surface area contributed by atoms with Crippen molar-refractivity contribution in [3.05, 3.63) is 42.0 Å². The minimum Gasteiger partial charge on any atom is -0.497 e. The van der Waals surface area contributed by atoms with Crippen LogP contribution < -0.4 is 4.74 Å². The van der Waals surface area contributed by atoms with Crippen molar-refractivity contribution in [2.45, 2.75) is 12.8 Å². The zero-order valence-corrected chi connectivity index (χ0v) is 9.44. The molecule has 0 atom stereocenters. The number of ether oxygens (including phenoxy) is 1. The summed E-state index contributed by atoms with van der Waals surface area (Å²) in [5, 5.41) is 11.3. The Morgan fingerprint density at radius 1 is 1.19 bits per heavy atom. The second-order valence-corrected chi connectivity index (χ2v) is 3.83. The summed E-state index contributed by atoms with van der Waals surface area (Å²) >= 11 is 0. The van der Waals surface area contributed by atoms with Gasteiger partial charge in [-0.25, -0.2) is 0 Å². The molecule has 2 rings (SSSR count). The maximum absolute atomic E-state index is 8.88. The van der Waals surface area contributed by atoms with Crippen LogP contribution in [0, 0.1) is 0 Å². The quantitative estimate of drug-likeness (QED) is 0.851. The Kier molecular flexibility index (Phi) is 3.42. The summed E-state index contributed by atoms with van der Waals surface area (Å²) in [5.41, 5.74) is 1.27. The molecule has 0 spiro atoms. The van der Waals surface area contributed by atoms with E-state index in [-0.39, 0.29) is 6.61 Å². The number of rotatable bonds is 4. The highest BCUT2D eigenvalue weighted by atomic mass is 16.5. The molecule has 0 heterocycles. The number of aliphatic hydroxyl groups is 1. The number of benzene rings is 2. The average molecular weight is 216 g/mol. The van der Waals surface area contributed by atoms with E-state index in [0.29, 0.717) is 0 Å². The first kappa shape index (κ1) is 11.0. The molecule has 0 aliphatic heterocycles. The van der Waals surface area contributed by atoms with E-state index in [1.807, 2.05) is 6.07 Å². The zero-order valence-electron chi connectivity index (χ0n) is 9.44. The molecule has 0 aliphatic rings. The van der Waals surface area contributed by atoms with Gasteiger partial charge in [0.25, 0.3) is 0 Å². The van der Waals surface area contributed by atoms with Crippen molar-refractivity contribution in [2.75, 3.05) is 13.7 Å². The Hall–Kier alpha value is -1.54. The molecule has 84 valence electrons. The lowest BCUT2D eigenvalue weighted by Gasteiger charge is -2.07. The van der Waals surface area contributed by atoms with Crippen LogP contribution in [0.2, 0.25) is 0 Å². The predicted molar refractivity (Wildman–Crippen MR) is 65.9 cm³/mol. The van der Waals surface area contributed by atoms with Crippen molar-refractivity contribution < 1.29 is 9.84 Å². The normalized spacial score (nSPS) is 10.6. The van der Waals surface area contributed by atoms with Crippen molar-refractivity contribution in [2.24, 2.45) is 0 Å². The van der Waals surface area contributed by atoms with Gasteiger partial charge < -0.3 is 9.84 Å². The average Bonchev–Trinajstić information content (AvgIpc) is 2.35. The van der Waals surface area contributed by atoms with Crippen molar-refractivity contribution in [3.8, 4) is 5.75 Å². The van der Waals surface area contributed by atoms with Crippen LogP contribution in [0.3, 0.4) is 0 Å². The molecule has 0 aromatic heterocycles. The number of fused-ring (bicyclic) bond motifs is 1. The van der Waals surface area contributed by atoms with E-state index in [0.717, 1.165) is 18.6 Å². The number of aryl methyl sites for hydroxylation is 1. The van der Waals surface area contributed by atoms with Crippen molar-refractivity contribution >= 4 is 10.8 Å². The summed E-state index contributed by atoms with van der Waals surface area (Å²) in [6.07, 6.45) is 1.71. The SMILES string of the molecule is COc1ccc2cccc(CCCO)c2c1. The predicted octanol–water partition coefficient (Wildman–Crippen LogP) is 2.77. The molecule has 0 aliphatic carbocycles. The van der Waals surface area contributed by atoms with Crippen molar-refractivity contribution in [3.63, 3.8) is 0 Å². The molecule has 16 heavy (non-hydrogen) atoms. The lowest BCUT2D eigenvalue weighted by atomic mass is 10.0. The Labute approximate surface area is 95.5 Å². The molecule has 2 aromatic carbocycles. The molecular formula is C14H16O2. The monoisotopic (exact) mass is 216 g/mol. The van der Waals surface area contributed by atoms with Gasteiger partial charge in [-0.15, -0.1) is 0 Å². The van der Waals surface area contributed by atoms with Crippen LogP contribution >= 0.6 is 0 Å². The van der Waals surface area contributed by atoms with E-state index in [9.17, 15) is 0 Å². The van der Waals surface area contributed by atoms with Gasteiger partial charge in [-0.3, -0.25) is 0 Å². The fourth-order valence-corrected chi connectivity index (χ4v) is 1.93. The maximum Gasteiger partial charge on any atom is 0.119 e. The molecule has 0 saturated heterocycles. The summed E-state index contributed by atoms with van der Waals surface area (Å²) in [6, 6.07) is 12.4. The first-order valence-electron chi connectivity index (χ1n) is 5.51. The van der Waals surface area contributed by atoms with Gasteiger partial charge in [-0.1, -0.05) is 24.3 Å². The molecule has 0 fully saturated rings. The second-order valence-electron chi connectivity index (χ2n) is 3.83. The molecule has 2 aromatic rings. The highest BCUT2D eigenvalue weighted by Gasteiger charge is 2.02. The third kappa shape index (κ3) is 2.17. The summed E-state index contributed by atoms with van der Waals surface area (Å²) in [4.78, 5) is 0. The van der Waals surface area contributed by atoms with E-state index >= 15 is 0 Å². The van der Waals surface area contributed by atoms with Gasteiger partial charge in [0.15, 0.2) is 0 Å². The summed E-state index contributed by atoms with van der Waals surface area (Å²) in [7, 11) is 1.68. The van der Waals surface area contributed by atoms with Crippen LogP contribution in [0.15, 0.2) is 36.4 Å². The molecule has 0 saturated carbocycles. The molecular weight excluding hydrogens is 200 g/mol.